The molecule has 2 unspecified atom stereocenters. The second kappa shape index (κ2) is 11.4. The molecule has 0 aliphatic heterocycles. The van der Waals surface area contributed by atoms with Crippen molar-refractivity contribution in [1.29, 1.82) is 0 Å². The van der Waals surface area contributed by atoms with Gasteiger partial charge in [-0.05, 0) is 48.4 Å². The van der Waals surface area contributed by atoms with Gasteiger partial charge < -0.3 is 9.47 Å². The molecule has 2 atom stereocenters. The Morgan fingerprint density at radius 1 is 0.731 bits per heavy atom. The maximum atomic E-state index is 5.48. The molecule has 2 aromatic rings. The Kier molecular flexibility index (Phi) is 9.18. The van der Waals surface area contributed by atoms with Crippen molar-refractivity contribution in [3.63, 3.8) is 0 Å². The molecule has 0 bridgehead atoms. The molecule has 0 amide bonds. The predicted octanol–water partition coefficient (Wildman–Crippen LogP) is 2.34. The maximum Gasteiger partial charge on any atom is 0.0885 e. The number of nitrogens with zero attached hydrogens (tertiary/aromatic N) is 2. The SMILES string of the molecule is CCOCC[SiH](C)c1ccc(-c2ccc([SiH](C)CCOCC)cn2)nc1. The van der Waals surface area contributed by atoms with Gasteiger partial charge in [0.05, 0.1) is 29.0 Å². The molecule has 142 valence electrons. The highest BCUT2D eigenvalue weighted by Crippen LogP contribution is 2.12. The monoisotopic (exact) mass is 388 g/mol. The lowest BCUT2D eigenvalue weighted by Crippen LogP contribution is -2.28. The second-order valence-corrected chi connectivity index (χ2v) is 12.8. The Morgan fingerprint density at radius 3 is 1.46 bits per heavy atom. The van der Waals surface area contributed by atoms with E-state index in [1.165, 1.54) is 10.4 Å². The quantitative estimate of drug-likeness (QED) is 0.438. The minimum absolute atomic E-state index is 0.799. The summed E-state index contributed by atoms with van der Waals surface area (Å²) >= 11 is 0. The number of rotatable bonds is 11. The van der Waals surface area contributed by atoms with Crippen LogP contribution in [0.4, 0.5) is 0 Å². The molecule has 0 aliphatic carbocycles. The standard InChI is InChI=1S/C20H32N2O2Si2/c1-5-23-11-13-25(3)17-7-9-19(21-15-17)20-10-8-18(16-22-20)26(4)14-12-24-6-2/h7-10,15-16,25-26H,5-6,11-14H2,1-4H3. The zero-order valence-electron chi connectivity index (χ0n) is 16.6. The molecular weight excluding hydrogens is 356 g/mol. The van der Waals surface area contributed by atoms with Crippen molar-refractivity contribution in [2.24, 2.45) is 0 Å². The summed E-state index contributed by atoms with van der Waals surface area (Å²) in [4.78, 5) is 9.31. The topological polar surface area (TPSA) is 44.2 Å². The van der Waals surface area contributed by atoms with Crippen molar-refractivity contribution in [2.75, 3.05) is 26.4 Å². The lowest BCUT2D eigenvalue weighted by atomic mass is 10.2. The highest BCUT2D eigenvalue weighted by Gasteiger charge is 2.11. The van der Waals surface area contributed by atoms with Crippen molar-refractivity contribution < 1.29 is 9.47 Å². The molecule has 0 aliphatic rings. The van der Waals surface area contributed by atoms with Crippen LogP contribution in [0.2, 0.25) is 25.2 Å². The van der Waals surface area contributed by atoms with Gasteiger partial charge in [0.2, 0.25) is 0 Å². The maximum absolute atomic E-state index is 5.48. The van der Waals surface area contributed by atoms with Gasteiger partial charge in [-0.15, -0.1) is 0 Å². The molecule has 4 nitrogen and oxygen atoms in total. The number of ether oxygens (including phenoxy) is 2. The first kappa shape index (κ1) is 21.0. The molecule has 0 N–H and O–H groups in total. The molecule has 2 rings (SSSR count). The van der Waals surface area contributed by atoms with Crippen LogP contribution in [0.5, 0.6) is 0 Å². The zero-order chi connectivity index (χ0) is 18.8. The van der Waals surface area contributed by atoms with Crippen LogP contribution < -0.4 is 10.4 Å². The van der Waals surface area contributed by atoms with Gasteiger partial charge in [0.1, 0.15) is 0 Å². The fraction of sp³-hybridized carbons (Fsp3) is 0.500. The van der Waals surface area contributed by atoms with E-state index in [9.17, 15) is 0 Å². The Morgan fingerprint density at radius 2 is 1.15 bits per heavy atom. The lowest BCUT2D eigenvalue weighted by Gasteiger charge is -2.12. The van der Waals surface area contributed by atoms with Crippen LogP contribution >= 0.6 is 0 Å². The summed E-state index contributed by atoms with van der Waals surface area (Å²) in [7, 11) is -1.91. The van der Waals surface area contributed by atoms with E-state index >= 15 is 0 Å². The van der Waals surface area contributed by atoms with Crippen LogP contribution in [-0.2, 0) is 9.47 Å². The first-order valence-corrected chi connectivity index (χ1v) is 14.8. The van der Waals surface area contributed by atoms with Crippen LogP contribution in [0.3, 0.4) is 0 Å². The first-order valence-electron chi connectivity index (χ1n) is 9.73. The van der Waals surface area contributed by atoms with Gasteiger partial charge in [-0.2, -0.15) is 0 Å². The third kappa shape index (κ3) is 6.43. The van der Waals surface area contributed by atoms with E-state index < -0.39 is 17.6 Å². The van der Waals surface area contributed by atoms with E-state index in [0.717, 1.165) is 49.9 Å². The Balaban J connectivity index is 1.96. The molecule has 2 heterocycles. The van der Waals surface area contributed by atoms with Gasteiger partial charge in [0.15, 0.2) is 0 Å². The van der Waals surface area contributed by atoms with E-state index in [0.29, 0.717) is 0 Å². The van der Waals surface area contributed by atoms with Gasteiger partial charge in [0, 0.05) is 38.8 Å². The van der Waals surface area contributed by atoms with E-state index in [4.69, 9.17) is 9.47 Å². The highest BCUT2D eigenvalue weighted by molar-refractivity contribution is 6.72. The minimum atomic E-state index is -0.957. The lowest BCUT2D eigenvalue weighted by molar-refractivity contribution is 0.161. The largest absolute Gasteiger partial charge is 0.382 e. The van der Waals surface area contributed by atoms with Crippen molar-refractivity contribution in [3.05, 3.63) is 36.7 Å². The zero-order valence-corrected chi connectivity index (χ0v) is 18.9. The van der Waals surface area contributed by atoms with Gasteiger partial charge in [0.25, 0.3) is 0 Å². The summed E-state index contributed by atoms with van der Waals surface area (Å²) in [6.45, 7) is 12.1. The van der Waals surface area contributed by atoms with Crippen molar-refractivity contribution in [1.82, 2.24) is 9.97 Å². The Hall–Kier alpha value is -1.35. The molecule has 26 heavy (non-hydrogen) atoms. The molecule has 2 aromatic heterocycles. The smallest absolute Gasteiger partial charge is 0.0885 e. The third-order valence-electron chi connectivity index (χ3n) is 4.77. The van der Waals surface area contributed by atoms with Gasteiger partial charge in [-0.1, -0.05) is 25.2 Å². The Labute approximate surface area is 161 Å². The molecule has 0 radical (unpaired) electrons. The van der Waals surface area contributed by atoms with Crippen molar-refractivity contribution >= 4 is 28.0 Å². The molecule has 0 aromatic carbocycles. The van der Waals surface area contributed by atoms with Crippen LogP contribution in [0.1, 0.15) is 13.8 Å². The summed E-state index contributed by atoms with van der Waals surface area (Å²) in [5.41, 5.74) is 1.91. The summed E-state index contributed by atoms with van der Waals surface area (Å²) in [6.07, 6.45) is 4.07. The van der Waals surface area contributed by atoms with Crippen LogP contribution in [0, 0.1) is 0 Å². The van der Waals surface area contributed by atoms with E-state index in [-0.39, 0.29) is 0 Å². The summed E-state index contributed by atoms with van der Waals surface area (Å²) in [5, 5.41) is 2.78. The normalized spacial score (nSPS) is 13.5. The van der Waals surface area contributed by atoms with Crippen LogP contribution in [0.15, 0.2) is 36.7 Å². The van der Waals surface area contributed by atoms with Crippen molar-refractivity contribution in [2.45, 2.75) is 39.0 Å². The number of pyridine rings is 2. The van der Waals surface area contributed by atoms with Crippen LogP contribution in [-0.4, -0.2) is 54.0 Å². The molecule has 6 heteroatoms. The molecular formula is C20H32N2O2Si2. The van der Waals surface area contributed by atoms with Gasteiger partial charge >= 0.3 is 0 Å². The predicted molar refractivity (Wildman–Crippen MR) is 115 cm³/mol. The number of hydrogen-bond donors (Lipinski definition) is 0. The second-order valence-electron chi connectivity index (χ2n) is 6.73. The van der Waals surface area contributed by atoms with E-state index in [2.05, 4.69) is 47.3 Å². The molecule has 0 fully saturated rings. The number of hydrogen-bond acceptors (Lipinski definition) is 4. The summed E-state index contributed by atoms with van der Waals surface area (Å²) in [5.74, 6) is 0. The highest BCUT2D eigenvalue weighted by atomic mass is 28.3. The first-order chi connectivity index (χ1) is 12.7. The summed E-state index contributed by atoms with van der Waals surface area (Å²) in [6, 6.07) is 11.0. The number of aromatic nitrogens is 2. The average Bonchev–Trinajstić information content (AvgIpc) is 2.68. The molecule has 0 spiro atoms. The minimum Gasteiger partial charge on any atom is -0.382 e. The van der Waals surface area contributed by atoms with Gasteiger partial charge in [-0.25, -0.2) is 0 Å². The van der Waals surface area contributed by atoms with Crippen LogP contribution in [0.25, 0.3) is 11.4 Å². The summed E-state index contributed by atoms with van der Waals surface area (Å²) < 4.78 is 11.0. The third-order valence-corrected chi connectivity index (χ3v) is 9.93. The molecule has 0 saturated carbocycles. The van der Waals surface area contributed by atoms with Crippen molar-refractivity contribution in [3.8, 4) is 11.4 Å². The average molecular weight is 389 g/mol. The Bertz CT molecular complexity index is 578. The van der Waals surface area contributed by atoms with Gasteiger partial charge in [-0.3, -0.25) is 9.97 Å². The fourth-order valence-electron chi connectivity index (χ4n) is 2.84. The van der Waals surface area contributed by atoms with E-state index in [1.54, 1.807) is 0 Å². The molecule has 0 saturated heterocycles. The fourth-order valence-corrected chi connectivity index (χ4v) is 6.05. The van der Waals surface area contributed by atoms with E-state index in [1.807, 2.05) is 26.2 Å².